The summed E-state index contributed by atoms with van der Waals surface area (Å²) in [6.45, 7) is 3.30. The second-order valence-electron chi connectivity index (χ2n) is 6.04. The van der Waals surface area contributed by atoms with Crippen molar-refractivity contribution in [3.63, 3.8) is 0 Å². The van der Waals surface area contributed by atoms with E-state index in [-0.39, 0.29) is 11.9 Å². The third-order valence-corrected chi connectivity index (χ3v) is 5.36. The van der Waals surface area contributed by atoms with E-state index >= 15 is 0 Å². The second kappa shape index (κ2) is 6.70. The maximum atomic E-state index is 12.2. The number of urea groups is 1. The number of carboxylic acid groups (broad SMARTS) is 1. The first kappa shape index (κ1) is 15.5. The molecule has 1 aliphatic heterocycles. The van der Waals surface area contributed by atoms with Gasteiger partial charge in [0, 0.05) is 13.1 Å². The Labute approximate surface area is 124 Å². The van der Waals surface area contributed by atoms with E-state index in [1.54, 1.807) is 16.7 Å². The van der Waals surface area contributed by atoms with Gasteiger partial charge in [0.15, 0.2) is 0 Å². The number of carbonyl (C=O) groups is 2. The smallest absolute Gasteiger partial charge is 0.326 e. The summed E-state index contributed by atoms with van der Waals surface area (Å²) in [6, 6.07) is -0.835. The lowest BCUT2D eigenvalue weighted by molar-refractivity contribution is -0.142. The number of fused-ring (bicyclic) bond motifs is 1. The van der Waals surface area contributed by atoms with Crippen LogP contribution in [0.3, 0.4) is 0 Å². The highest BCUT2D eigenvalue weighted by molar-refractivity contribution is 7.98. The van der Waals surface area contributed by atoms with Gasteiger partial charge in [0.25, 0.3) is 0 Å². The summed E-state index contributed by atoms with van der Waals surface area (Å²) in [6.07, 6.45) is 5.13. The van der Waals surface area contributed by atoms with Gasteiger partial charge in [-0.05, 0) is 42.6 Å². The molecule has 114 valence electrons. The molecule has 2 fully saturated rings. The van der Waals surface area contributed by atoms with Gasteiger partial charge in [-0.3, -0.25) is 0 Å². The van der Waals surface area contributed by atoms with Crippen LogP contribution in [0.25, 0.3) is 0 Å². The molecule has 6 heteroatoms. The van der Waals surface area contributed by atoms with E-state index < -0.39 is 12.0 Å². The van der Waals surface area contributed by atoms with Crippen molar-refractivity contribution in [1.29, 1.82) is 0 Å². The average molecular weight is 300 g/mol. The molecule has 1 heterocycles. The van der Waals surface area contributed by atoms with Crippen molar-refractivity contribution in [2.24, 2.45) is 17.8 Å². The van der Waals surface area contributed by atoms with E-state index in [4.69, 9.17) is 0 Å². The Bertz CT molecular complexity index is 377. The normalized spacial score (nSPS) is 30.1. The molecule has 1 saturated carbocycles. The van der Waals surface area contributed by atoms with E-state index in [1.807, 2.05) is 6.26 Å². The molecular weight excluding hydrogens is 276 g/mol. The molecule has 1 saturated heterocycles. The minimum absolute atomic E-state index is 0.155. The number of nitrogens with zero attached hydrogens (tertiary/aromatic N) is 1. The molecule has 5 nitrogen and oxygen atoms in total. The summed E-state index contributed by atoms with van der Waals surface area (Å²) in [5.74, 6) is 1.08. The van der Waals surface area contributed by atoms with Gasteiger partial charge in [-0.15, -0.1) is 0 Å². The van der Waals surface area contributed by atoms with Crippen LogP contribution in [0.15, 0.2) is 0 Å². The van der Waals surface area contributed by atoms with E-state index in [2.05, 4.69) is 12.2 Å². The first-order valence-electron chi connectivity index (χ1n) is 7.30. The Hall–Kier alpha value is -0.910. The van der Waals surface area contributed by atoms with E-state index in [1.165, 1.54) is 0 Å². The van der Waals surface area contributed by atoms with Gasteiger partial charge in [0.05, 0.1) is 0 Å². The average Bonchev–Trinajstić information content (AvgIpc) is 2.95. The van der Waals surface area contributed by atoms with Crippen LogP contribution in [0.5, 0.6) is 0 Å². The van der Waals surface area contributed by atoms with Gasteiger partial charge >= 0.3 is 12.0 Å². The Morgan fingerprint density at radius 2 is 2.20 bits per heavy atom. The standard InChI is InChI=1S/C14H24N2O3S/c1-9(8-20-2)6-15-14(19)16-7-10-4-3-5-11(10)12(16)13(17)18/h9-12H,3-8H2,1-2H3,(H,15,19)(H,17,18). The van der Waals surface area contributed by atoms with Gasteiger partial charge in [0.2, 0.25) is 0 Å². The first-order valence-corrected chi connectivity index (χ1v) is 8.70. The molecule has 0 radical (unpaired) electrons. The summed E-state index contributed by atoms with van der Waals surface area (Å²) in [4.78, 5) is 25.3. The third kappa shape index (κ3) is 3.22. The lowest BCUT2D eigenvalue weighted by atomic mass is 9.94. The fraction of sp³-hybridized carbons (Fsp3) is 0.857. The molecule has 0 aromatic carbocycles. The van der Waals surface area contributed by atoms with Gasteiger partial charge in [-0.2, -0.15) is 11.8 Å². The van der Waals surface area contributed by atoms with E-state index in [9.17, 15) is 14.7 Å². The van der Waals surface area contributed by atoms with Crippen molar-refractivity contribution < 1.29 is 14.7 Å². The Morgan fingerprint density at radius 3 is 2.85 bits per heavy atom. The molecular formula is C14H24N2O3S. The highest BCUT2D eigenvalue weighted by atomic mass is 32.2. The van der Waals surface area contributed by atoms with Gasteiger partial charge < -0.3 is 15.3 Å². The van der Waals surface area contributed by atoms with Crippen molar-refractivity contribution in [1.82, 2.24) is 10.2 Å². The number of carboxylic acids is 1. The molecule has 2 amide bonds. The predicted molar refractivity (Wildman–Crippen MR) is 79.9 cm³/mol. The Kier molecular flexibility index (Phi) is 5.18. The number of likely N-dealkylation sites (tertiary alicyclic amines) is 1. The highest BCUT2D eigenvalue weighted by Crippen LogP contribution is 2.42. The molecule has 0 aromatic heterocycles. The van der Waals surface area contributed by atoms with Crippen LogP contribution in [-0.2, 0) is 4.79 Å². The van der Waals surface area contributed by atoms with Crippen LogP contribution >= 0.6 is 11.8 Å². The van der Waals surface area contributed by atoms with Crippen molar-refractivity contribution >= 4 is 23.8 Å². The van der Waals surface area contributed by atoms with Crippen molar-refractivity contribution in [3.8, 4) is 0 Å². The molecule has 2 N–H and O–H groups in total. The minimum Gasteiger partial charge on any atom is -0.480 e. The van der Waals surface area contributed by atoms with Crippen LogP contribution in [0.1, 0.15) is 26.2 Å². The zero-order valence-corrected chi connectivity index (χ0v) is 13.0. The highest BCUT2D eigenvalue weighted by Gasteiger charge is 2.49. The minimum atomic E-state index is -0.855. The molecule has 0 aromatic rings. The van der Waals surface area contributed by atoms with Crippen molar-refractivity contribution in [2.45, 2.75) is 32.2 Å². The van der Waals surface area contributed by atoms with Crippen LogP contribution in [-0.4, -0.2) is 53.1 Å². The molecule has 0 spiro atoms. The van der Waals surface area contributed by atoms with Gasteiger partial charge in [-0.1, -0.05) is 13.3 Å². The fourth-order valence-corrected chi connectivity index (χ4v) is 4.22. The maximum Gasteiger partial charge on any atom is 0.326 e. The lowest BCUT2D eigenvalue weighted by Gasteiger charge is -2.25. The molecule has 4 atom stereocenters. The van der Waals surface area contributed by atoms with E-state index in [0.717, 1.165) is 25.0 Å². The molecule has 4 unspecified atom stereocenters. The number of rotatable bonds is 5. The Balaban J connectivity index is 1.93. The quantitative estimate of drug-likeness (QED) is 0.813. The van der Waals surface area contributed by atoms with E-state index in [0.29, 0.717) is 24.9 Å². The van der Waals surface area contributed by atoms with Crippen molar-refractivity contribution in [2.75, 3.05) is 25.1 Å². The van der Waals surface area contributed by atoms with Gasteiger partial charge in [-0.25, -0.2) is 9.59 Å². The van der Waals surface area contributed by atoms with Crippen molar-refractivity contribution in [3.05, 3.63) is 0 Å². The lowest BCUT2D eigenvalue weighted by Crippen LogP contribution is -2.48. The molecule has 1 aliphatic carbocycles. The summed E-state index contributed by atoms with van der Waals surface area (Å²) >= 11 is 1.75. The monoisotopic (exact) mass is 300 g/mol. The zero-order chi connectivity index (χ0) is 14.7. The SMILES string of the molecule is CSCC(C)CNC(=O)N1CC2CCCC2C1C(=O)O. The molecule has 2 rings (SSSR count). The molecule has 0 bridgehead atoms. The zero-order valence-electron chi connectivity index (χ0n) is 12.2. The van der Waals surface area contributed by atoms with Crippen LogP contribution in [0.2, 0.25) is 0 Å². The number of hydrogen-bond donors (Lipinski definition) is 2. The molecule has 2 aliphatic rings. The van der Waals surface area contributed by atoms with Crippen LogP contribution in [0.4, 0.5) is 4.79 Å². The number of thioether (sulfide) groups is 1. The number of hydrogen-bond acceptors (Lipinski definition) is 3. The summed E-state index contributed by atoms with van der Waals surface area (Å²) in [5, 5.41) is 12.3. The molecule has 20 heavy (non-hydrogen) atoms. The number of aliphatic carboxylic acids is 1. The topological polar surface area (TPSA) is 69.6 Å². The van der Waals surface area contributed by atoms with Crippen LogP contribution < -0.4 is 5.32 Å². The summed E-state index contributed by atoms with van der Waals surface area (Å²) < 4.78 is 0. The fourth-order valence-electron chi connectivity index (χ4n) is 3.54. The second-order valence-corrected chi connectivity index (χ2v) is 6.95. The largest absolute Gasteiger partial charge is 0.480 e. The summed E-state index contributed by atoms with van der Waals surface area (Å²) in [7, 11) is 0. The maximum absolute atomic E-state index is 12.2. The summed E-state index contributed by atoms with van der Waals surface area (Å²) in [5.41, 5.74) is 0. The number of amides is 2. The number of carbonyl (C=O) groups excluding carboxylic acids is 1. The Morgan fingerprint density at radius 1 is 1.45 bits per heavy atom. The first-order chi connectivity index (χ1) is 9.54. The third-order valence-electron chi connectivity index (χ3n) is 4.46. The van der Waals surface area contributed by atoms with Gasteiger partial charge in [0.1, 0.15) is 6.04 Å². The predicted octanol–water partition coefficient (Wildman–Crippen LogP) is 1.88. The van der Waals surface area contributed by atoms with Crippen LogP contribution in [0, 0.1) is 17.8 Å². The number of nitrogens with one attached hydrogen (secondary N) is 1.